The van der Waals surface area contributed by atoms with Crippen molar-refractivity contribution in [2.75, 3.05) is 13.1 Å². The van der Waals surface area contributed by atoms with Gasteiger partial charge in [0.1, 0.15) is 0 Å². The number of hydrogen-bond donors (Lipinski definition) is 1. The Kier molecular flexibility index (Phi) is 4.97. The fourth-order valence-corrected chi connectivity index (χ4v) is 3.08. The molecule has 21 heavy (non-hydrogen) atoms. The molecule has 0 spiro atoms. The van der Waals surface area contributed by atoms with Gasteiger partial charge in [-0.2, -0.15) is 0 Å². The predicted molar refractivity (Wildman–Crippen MR) is 89.4 cm³/mol. The summed E-state index contributed by atoms with van der Waals surface area (Å²) in [5, 5.41) is 3.54. The Hall–Kier alpha value is -0.860. The molecule has 0 amide bonds. The smallest absolute Gasteiger partial charge is 0.0239 e. The summed E-state index contributed by atoms with van der Waals surface area (Å²) >= 11 is 0. The van der Waals surface area contributed by atoms with Crippen molar-refractivity contribution in [1.29, 1.82) is 0 Å². The van der Waals surface area contributed by atoms with Gasteiger partial charge in [-0.1, -0.05) is 38.1 Å². The van der Waals surface area contributed by atoms with Gasteiger partial charge in [-0.05, 0) is 55.7 Å². The molecule has 0 aromatic heterocycles. The van der Waals surface area contributed by atoms with E-state index in [1.165, 1.54) is 44.3 Å². The van der Waals surface area contributed by atoms with Crippen LogP contribution >= 0.6 is 0 Å². The van der Waals surface area contributed by atoms with Crippen LogP contribution in [0.2, 0.25) is 0 Å². The summed E-state index contributed by atoms with van der Waals surface area (Å²) in [5.74, 6) is 1.00. The molecule has 2 heteroatoms. The predicted octanol–water partition coefficient (Wildman–Crippen LogP) is 3.60. The molecule has 0 atom stereocenters. The Balaban J connectivity index is 1.59. The molecule has 2 aliphatic carbocycles. The van der Waals surface area contributed by atoms with Crippen molar-refractivity contribution in [3.63, 3.8) is 0 Å². The van der Waals surface area contributed by atoms with E-state index >= 15 is 0 Å². The van der Waals surface area contributed by atoms with E-state index in [9.17, 15) is 0 Å². The number of nitrogens with one attached hydrogen (secondary N) is 1. The second-order valence-electron chi connectivity index (χ2n) is 7.23. The van der Waals surface area contributed by atoms with Crippen molar-refractivity contribution >= 4 is 0 Å². The summed E-state index contributed by atoms with van der Waals surface area (Å²) in [6.07, 6.45) is 6.91. The van der Waals surface area contributed by atoms with Gasteiger partial charge in [-0.3, -0.25) is 4.90 Å². The van der Waals surface area contributed by atoms with Gasteiger partial charge in [-0.15, -0.1) is 0 Å². The molecule has 0 heterocycles. The van der Waals surface area contributed by atoms with Gasteiger partial charge in [0.25, 0.3) is 0 Å². The van der Waals surface area contributed by atoms with Crippen molar-refractivity contribution in [2.45, 2.75) is 64.6 Å². The summed E-state index contributed by atoms with van der Waals surface area (Å²) in [4.78, 5) is 2.76. The number of rotatable bonds is 9. The molecule has 3 rings (SSSR count). The minimum atomic E-state index is 0.579. The van der Waals surface area contributed by atoms with Gasteiger partial charge in [0.05, 0.1) is 0 Å². The highest BCUT2D eigenvalue weighted by Gasteiger charge is 2.33. The van der Waals surface area contributed by atoms with Gasteiger partial charge in [0.15, 0.2) is 0 Å². The van der Waals surface area contributed by atoms with Crippen LogP contribution in [0.5, 0.6) is 0 Å². The summed E-state index contributed by atoms with van der Waals surface area (Å²) in [7, 11) is 0. The van der Waals surface area contributed by atoms with Crippen LogP contribution in [-0.4, -0.2) is 30.1 Å². The quantitative estimate of drug-likeness (QED) is 0.746. The average molecular weight is 286 g/mol. The van der Waals surface area contributed by atoms with E-state index in [1.807, 2.05) is 0 Å². The zero-order valence-electron chi connectivity index (χ0n) is 13.6. The number of nitrogens with zero attached hydrogens (tertiary/aromatic N) is 1. The van der Waals surface area contributed by atoms with Crippen LogP contribution in [0.4, 0.5) is 0 Å². The number of benzene rings is 1. The van der Waals surface area contributed by atoms with Crippen LogP contribution in [0.3, 0.4) is 0 Å². The first-order valence-corrected chi connectivity index (χ1v) is 8.76. The Bertz CT molecular complexity index is 447. The molecular weight excluding hydrogens is 256 g/mol. The zero-order chi connectivity index (χ0) is 14.7. The Labute approximate surface area is 129 Å². The van der Waals surface area contributed by atoms with Gasteiger partial charge >= 0.3 is 0 Å². The normalized spacial score (nSPS) is 18.7. The summed E-state index contributed by atoms with van der Waals surface area (Å²) in [6, 6.07) is 10.5. The molecule has 2 saturated carbocycles. The van der Waals surface area contributed by atoms with E-state index in [4.69, 9.17) is 0 Å². The molecule has 2 fully saturated rings. The minimum Gasteiger partial charge on any atom is -0.314 e. The molecule has 0 saturated heterocycles. The monoisotopic (exact) mass is 286 g/mol. The van der Waals surface area contributed by atoms with E-state index < -0.39 is 0 Å². The first kappa shape index (κ1) is 15.1. The SMILES string of the molecule is CC(C)NCCc1ccccc1CN(CC1CC1)C1CC1. The fourth-order valence-electron chi connectivity index (χ4n) is 3.08. The zero-order valence-corrected chi connectivity index (χ0v) is 13.6. The highest BCUT2D eigenvalue weighted by molar-refractivity contribution is 5.27. The van der Waals surface area contributed by atoms with Crippen molar-refractivity contribution in [3.8, 4) is 0 Å². The van der Waals surface area contributed by atoms with Crippen LogP contribution in [-0.2, 0) is 13.0 Å². The maximum Gasteiger partial charge on any atom is 0.0239 e. The number of hydrogen-bond acceptors (Lipinski definition) is 2. The molecule has 0 bridgehead atoms. The molecule has 1 aromatic carbocycles. The van der Waals surface area contributed by atoms with E-state index in [2.05, 4.69) is 48.3 Å². The maximum absolute atomic E-state index is 3.54. The van der Waals surface area contributed by atoms with E-state index in [1.54, 1.807) is 5.56 Å². The first-order valence-electron chi connectivity index (χ1n) is 8.76. The van der Waals surface area contributed by atoms with Gasteiger partial charge < -0.3 is 5.32 Å². The van der Waals surface area contributed by atoms with Crippen molar-refractivity contribution in [2.24, 2.45) is 5.92 Å². The third-order valence-corrected chi connectivity index (χ3v) is 4.69. The fraction of sp³-hybridized carbons (Fsp3) is 0.684. The van der Waals surface area contributed by atoms with Crippen molar-refractivity contribution < 1.29 is 0 Å². The second kappa shape index (κ2) is 6.93. The van der Waals surface area contributed by atoms with E-state index in [0.717, 1.165) is 24.9 Å². The third-order valence-electron chi connectivity index (χ3n) is 4.69. The van der Waals surface area contributed by atoms with Crippen LogP contribution < -0.4 is 5.32 Å². The van der Waals surface area contributed by atoms with Crippen LogP contribution in [0.25, 0.3) is 0 Å². The largest absolute Gasteiger partial charge is 0.314 e. The molecule has 116 valence electrons. The standard InChI is InChI=1S/C19H30N2/c1-15(2)20-12-11-17-5-3-4-6-18(17)14-21(19-9-10-19)13-16-7-8-16/h3-6,15-16,19-20H,7-14H2,1-2H3. The molecule has 2 nitrogen and oxygen atoms in total. The summed E-state index contributed by atoms with van der Waals surface area (Å²) in [6.45, 7) is 8.02. The average Bonchev–Trinajstić information content (AvgIpc) is 3.33. The Morgan fingerprint density at radius 1 is 1.10 bits per heavy atom. The first-order chi connectivity index (χ1) is 10.2. The van der Waals surface area contributed by atoms with E-state index in [0.29, 0.717) is 6.04 Å². The lowest BCUT2D eigenvalue weighted by Crippen LogP contribution is -2.29. The molecular formula is C19H30N2. The Morgan fingerprint density at radius 3 is 2.43 bits per heavy atom. The molecule has 1 N–H and O–H groups in total. The topological polar surface area (TPSA) is 15.3 Å². The van der Waals surface area contributed by atoms with E-state index in [-0.39, 0.29) is 0 Å². The van der Waals surface area contributed by atoms with Crippen LogP contribution in [0.15, 0.2) is 24.3 Å². The highest BCUT2D eigenvalue weighted by atomic mass is 15.2. The van der Waals surface area contributed by atoms with Crippen LogP contribution in [0, 0.1) is 5.92 Å². The second-order valence-corrected chi connectivity index (χ2v) is 7.23. The Morgan fingerprint density at radius 2 is 1.81 bits per heavy atom. The molecule has 1 aromatic rings. The van der Waals surface area contributed by atoms with Gasteiger partial charge in [-0.25, -0.2) is 0 Å². The molecule has 2 aliphatic rings. The van der Waals surface area contributed by atoms with Gasteiger partial charge in [0, 0.05) is 25.2 Å². The highest BCUT2D eigenvalue weighted by Crippen LogP contribution is 2.35. The summed E-state index contributed by atoms with van der Waals surface area (Å²) in [5.41, 5.74) is 3.09. The molecule has 0 aliphatic heterocycles. The minimum absolute atomic E-state index is 0.579. The lowest BCUT2D eigenvalue weighted by atomic mass is 10.0. The molecule has 0 radical (unpaired) electrons. The van der Waals surface area contributed by atoms with Gasteiger partial charge in [0.2, 0.25) is 0 Å². The lowest BCUT2D eigenvalue weighted by molar-refractivity contribution is 0.243. The summed E-state index contributed by atoms with van der Waals surface area (Å²) < 4.78 is 0. The van der Waals surface area contributed by atoms with Crippen LogP contribution in [0.1, 0.15) is 50.7 Å². The lowest BCUT2D eigenvalue weighted by Gasteiger charge is -2.23. The van der Waals surface area contributed by atoms with Crippen molar-refractivity contribution in [1.82, 2.24) is 10.2 Å². The third kappa shape index (κ3) is 4.82. The van der Waals surface area contributed by atoms with Crippen molar-refractivity contribution in [3.05, 3.63) is 35.4 Å². The molecule has 0 unspecified atom stereocenters. The maximum atomic E-state index is 3.54.